The number of rotatable bonds is 6. The van der Waals surface area contributed by atoms with Crippen molar-refractivity contribution in [2.24, 2.45) is 0 Å². The topological polar surface area (TPSA) is 84.5 Å². The minimum absolute atomic E-state index is 0.239. The fraction of sp³-hybridized carbons (Fsp3) is 0.211. The van der Waals surface area contributed by atoms with E-state index in [9.17, 15) is 14.4 Å². The first-order chi connectivity index (χ1) is 11.9. The monoisotopic (exact) mass is 340 g/mol. The van der Waals surface area contributed by atoms with E-state index in [2.05, 4.69) is 10.6 Å². The molecule has 6 nitrogen and oxygen atoms in total. The Kier molecular flexibility index (Phi) is 6.28. The van der Waals surface area contributed by atoms with Gasteiger partial charge in [0.05, 0.1) is 12.2 Å². The van der Waals surface area contributed by atoms with Crippen LogP contribution in [0.15, 0.2) is 48.5 Å². The Morgan fingerprint density at radius 2 is 1.44 bits per heavy atom. The Morgan fingerprint density at radius 1 is 0.880 bits per heavy atom. The van der Waals surface area contributed by atoms with Crippen molar-refractivity contribution in [2.75, 3.05) is 17.2 Å². The predicted molar refractivity (Wildman–Crippen MR) is 95.5 cm³/mol. The number of carbonyl (C=O) groups excluding carboxylic acids is 3. The number of anilines is 2. The molecule has 0 bridgehead atoms. The van der Waals surface area contributed by atoms with Crippen LogP contribution in [0.25, 0.3) is 0 Å². The Balaban J connectivity index is 2.08. The molecule has 2 N–H and O–H groups in total. The summed E-state index contributed by atoms with van der Waals surface area (Å²) in [5.41, 5.74) is 2.15. The Bertz CT molecular complexity index is 738. The number of amides is 2. The Hall–Kier alpha value is -3.15. The molecule has 0 aliphatic rings. The van der Waals surface area contributed by atoms with Crippen LogP contribution in [0.4, 0.5) is 11.4 Å². The number of hydrogen-bond acceptors (Lipinski definition) is 4. The molecule has 25 heavy (non-hydrogen) atoms. The van der Waals surface area contributed by atoms with Crippen molar-refractivity contribution in [3.63, 3.8) is 0 Å². The lowest BCUT2D eigenvalue weighted by Gasteiger charge is -2.11. The van der Waals surface area contributed by atoms with Crippen LogP contribution in [-0.4, -0.2) is 24.4 Å². The van der Waals surface area contributed by atoms with E-state index in [1.54, 1.807) is 6.07 Å². The average Bonchev–Trinajstić information content (AvgIpc) is 2.54. The fourth-order valence-electron chi connectivity index (χ4n) is 2.29. The first-order valence-electron chi connectivity index (χ1n) is 7.85. The molecule has 0 saturated heterocycles. The molecule has 0 aliphatic carbocycles. The fourth-order valence-corrected chi connectivity index (χ4v) is 2.29. The van der Waals surface area contributed by atoms with E-state index in [1.165, 1.54) is 26.0 Å². The van der Waals surface area contributed by atoms with Crippen LogP contribution in [0.2, 0.25) is 0 Å². The maximum absolute atomic E-state index is 12.3. The lowest BCUT2D eigenvalue weighted by atomic mass is 10.1. The molecule has 0 spiro atoms. The van der Waals surface area contributed by atoms with Crippen molar-refractivity contribution in [2.45, 2.75) is 20.3 Å². The molecule has 0 aliphatic heterocycles. The van der Waals surface area contributed by atoms with Crippen molar-refractivity contribution in [1.82, 2.24) is 0 Å². The van der Waals surface area contributed by atoms with E-state index in [1.807, 2.05) is 30.3 Å². The second-order valence-corrected chi connectivity index (χ2v) is 5.53. The van der Waals surface area contributed by atoms with Gasteiger partial charge in [-0.3, -0.25) is 9.59 Å². The molecule has 2 aromatic rings. The highest BCUT2D eigenvalue weighted by molar-refractivity contribution is 5.97. The Morgan fingerprint density at radius 3 is 1.96 bits per heavy atom. The zero-order valence-electron chi connectivity index (χ0n) is 14.2. The zero-order valence-corrected chi connectivity index (χ0v) is 14.2. The van der Waals surface area contributed by atoms with Crippen molar-refractivity contribution in [3.8, 4) is 0 Å². The van der Waals surface area contributed by atoms with Gasteiger partial charge in [-0.05, 0) is 23.8 Å². The van der Waals surface area contributed by atoms with Gasteiger partial charge >= 0.3 is 5.97 Å². The number of benzene rings is 2. The number of esters is 1. The SMILES string of the molecule is CC(=O)Nc1cc(NC(C)=O)cc(C(=O)OCCc2ccccc2)c1. The maximum Gasteiger partial charge on any atom is 0.338 e. The number of hydrogen-bond donors (Lipinski definition) is 2. The van der Waals surface area contributed by atoms with Crippen LogP contribution in [0.5, 0.6) is 0 Å². The summed E-state index contributed by atoms with van der Waals surface area (Å²) in [5.74, 6) is -1.07. The van der Waals surface area contributed by atoms with E-state index < -0.39 is 5.97 Å². The molecule has 2 rings (SSSR count). The van der Waals surface area contributed by atoms with Crippen molar-refractivity contribution >= 4 is 29.2 Å². The van der Waals surface area contributed by atoms with Gasteiger partial charge in [-0.2, -0.15) is 0 Å². The molecule has 0 saturated carbocycles. The molecule has 0 heterocycles. The van der Waals surface area contributed by atoms with Gasteiger partial charge in [0.1, 0.15) is 0 Å². The van der Waals surface area contributed by atoms with Gasteiger partial charge in [0.2, 0.25) is 11.8 Å². The zero-order chi connectivity index (χ0) is 18.2. The largest absolute Gasteiger partial charge is 0.462 e. The summed E-state index contributed by atoms with van der Waals surface area (Å²) in [6.07, 6.45) is 0.608. The smallest absolute Gasteiger partial charge is 0.338 e. The highest BCUT2D eigenvalue weighted by Gasteiger charge is 2.12. The van der Waals surface area contributed by atoms with Crippen molar-refractivity contribution in [3.05, 3.63) is 59.7 Å². The van der Waals surface area contributed by atoms with Crippen LogP contribution in [0.3, 0.4) is 0 Å². The number of nitrogens with one attached hydrogen (secondary N) is 2. The quantitative estimate of drug-likeness (QED) is 0.792. The van der Waals surface area contributed by atoms with Crippen LogP contribution in [-0.2, 0) is 20.7 Å². The normalized spacial score (nSPS) is 10.0. The van der Waals surface area contributed by atoms with Crippen LogP contribution < -0.4 is 10.6 Å². The predicted octanol–water partition coefficient (Wildman–Crippen LogP) is 3.00. The van der Waals surface area contributed by atoms with E-state index in [4.69, 9.17) is 4.74 Å². The summed E-state index contributed by atoms with van der Waals surface area (Å²) in [5, 5.41) is 5.20. The van der Waals surface area contributed by atoms with Gasteiger partial charge < -0.3 is 15.4 Å². The maximum atomic E-state index is 12.3. The van der Waals surface area contributed by atoms with Gasteiger partial charge in [0, 0.05) is 31.6 Å². The third-order valence-corrected chi connectivity index (χ3v) is 3.28. The first kappa shape index (κ1) is 18.2. The molecular weight excluding hydrogens is 320 g/mol. The van der Waals surface area contributed by atoms with E-state index in [0.29, 0.717) is 17.8 Å². The minimum atomic E-state index is -0.519. The molecular formula is C19H20N2O4. The standard InChI is InChI=1S/C19H20N2O4/c1-13(22)20-17-10-16(11-18(12-17)21-14(2)23)19(24)25-9-8-15-6-4-3-5-7-15/h3-7,10-12H,8-9H2,1-2H3,(H,20,22)(H,21,23). The second kappa shape index (κ2) is 8.63. The van der Waals surface area contributed by atoms with E-state index in [0.717, 1.165) is 5.56 Å². The number of carbonyl (C=O) groups is 3. The molecule has 2 amide bonds. The summed E-state index contributed by atoms with van der Waals surface area (Å²) in [6.45, 7) is 2.97. The summed E-state index contributed by atoms with van der Waals surface area (Å²) in [7, 11) is 0. The van der Waals surface area contributed by atoms with Gasteiger partial charge in [0.15, 0.2) is 0 Å². The number of ether oxygens (including phenoxy) is 1. The molecule has 0 aromatic heterocycles. The summed E-state index contributed by atoms with van der Waals surface area (Å²) in [4.78, 5) is 34.7. The Labute approximate surface area is 146 Å². The van der Waals surface area contributed by atoms with Crippen LogP contribution in [0, 0.1) is 0 Å². The lowest BCUT2D eigenvalue weighted by molar-refractivity contribution is -0.115. The van der Waals surface area contributed by atoms with E-state index in [-0.39, 0.29) is 24.0 Å². The van der Waals surface area contributed by atoms with Crippen molar-refractivity contribution in [1.29, 1.82) is 0 Å². The molecule has 130 valence electrons. The van der Waals surface area contributed by atoms with Gasteiger partial charge in [0.25, 0.3) is 0 Å². The molecule has 0 unspecified atom stereocenters. The summed E-state index contributed by atoms with van der Waals surface area (Å²) < 4.78 is 5.29. The highest BCUT2D eigenvalue weighted by atomic mass is 16.5. The average molecular weight is 340 g/mol. The second-order valence-electron chi connectivity index (χ2n) is 5.53. The third kappa shape index (κ3) is 6.10. The summed E-state index contributed by atoms with van der Waals surface area (Å²) in [6, 6.07) is 14.3. The van der Waals surface area contributed by atoms with Gasteiger partial charge in [-0.25, -0.2) is 4.79 Å². The van der Waals surface area contributed by atoms with Gasteiger partial charge in [-0.1, -0.05) is 30.3 Å². The third-order valence-electron chi connectivity index (χ3n) is 3.28. The van der Waals surface area contributed by atoms with Crippen LogP contribution in [0.1, 0.15) is 29.8 Å². The lowest BCUT2D eigenvalue weighted by Crippen LogP contribution is -2.13. The van der Waals surface area contributed by atoms with Crippen LogP contribution >= 0.6 is 0 Å². The van der Waals surface area contributed by atoms with E-state index >= 15 is 0 Å². The molecule has 0 radical (unpaired) electrons. The molecule has 0 fully saturated rings. The minimum Gasteiger partial charge on any atom is -0.462 e. The van der Waals surface area contributed by atoms with Gasteiger partial charge in [-0.15, -0.1) is 0 Å². The molecule has 6 heteroatoms. The molecule has 0 atom stereocenters. The molecule has 2 aromatic carbocycles. The summed E-state index contributed by atoms with van der Waals surface area (Å²) >= 11 is 0. The first-order valence-corrected chi connectivity index (χ1v) is 7.85. The highest BCUT2D eigenvalue weighted by Crippen LogP contribution is 2.20. The van der Waals surface area contributed by atoms with Crippen molar-refractivity contribution < 1.29 is 19.1 Å².